The van der Waals surface area contributed by atoms with Crippen molar-refractivity contribution in [2.75, 3.05) is 19.5 Å². The number of carbonyl (C=O) groups is 2. The van der Waals surface area contributed by atoms with E-state index in [4.69, 9.17) is 14.3 Å². The highest BCUT2D eigenvalue weighted by atomic mass is 16.7. The summed E-state index contributed by atoms with van der Waals surface area (Å²) < 4.78 is 10.9. The summed E-state index contributed by atoms with van der Waals surface area (Å²) in [6, 6.07) is 21.2. The molecule has 2 atom stereocenters. The summed E-state index contributed by atoms with van der Waals surface area (Å²) in [4.78, 5) is 33.1. The average Bonchev–Trinajstić information content (AvgIpc) is 3.37. The van der Waals surface area contributed by atoms with Gasteiger partial charge in [-0.05, 0) is 24.3 Å². The van der Waals surface area contributed by atoms with Crippen molar-refractivity contribution in [2.45, 2.75) is 5.60 Å². The number of methoxy groups -OCH3 is 2. The predicted molar refractivity (Wildman–Crippen MR) is 118 cm³/mol. The van der Waals surface area contributed by atoms with E-state index in [9.17, 15) is 9.59 Å². The van der Waals surface area contributed by atoms with Crippen LogP contribution in [0.25, 0.3) is 0 Å². The van der Waals surface area contributed by atoms with Gasteiger partial charge in [0, 0.05) is 22.4 Å². The first kappa shape index (κ1) is 19.8. The number of ketones is 1. The Bertz CT molecular complexity index is 1250. The minimum absolute atomic E-state index is 0.279. The predicted octanol–water partition coefficient (Wildman–Crippen LogP) is 3.78. The standard InChI is InChI=1S/C25H20N2O5/c1-30-16-12-13-20(31-2)17(14-16)22-21(23(28)15-8-4-3-5-9-15)25(32-27-22)18-10-6-7-11-19(18)26-24(25)29/h3-14,21H,1-2H3,(H,26,29)/t21-,25-/m0/s1. The van der Waals surface area contributed by atoms with Gasteiger partial charge < -0.3 is 19.6 Å². The van der Waals surface area contributed by atoms with Crippen LogP contribution in [-0.4, -0.2) is 31.6 Å². The van der Waals surface area contributed by atoms with E-state index in [0.717, 1.165) is 0 Å². The number of anilines is 1. The molecule has 3 aromatic rings. The number of benzene rings is 3. The van der Waals surface area contributed by atoms with E-state index in [-0.39, 0.29) is 5.78 Å². The van der Waals surface area contributed by atoms with Gasteiger partial charge in [-0.25, -0.2) is 0 Å². The zero-order valence-corrected chi connectivity index (χ0v) is 17.5. The highest BCUT2D eigenvalue weighted by Crippen LogP contribution is 2.50. The highest BCUT2D eigenvalue weighted by Gasteiger charge is 2.63. The second-order valence-electron chi connectivity index (χ2n) is 7.53. The minimum Gasteiger partial charge on any atom is -0.497 e. The fraction of sp³-hybridized carbons (Fsp3) is 0.160. The van der Waals surface area contributed by atoms with Crippen molar-refractivity contribution in [3.8, 4) is 11.5 Å². The third kappa shape index (κ3) is 2.78. The fourth-order valence-corrected chi connectivity index (χ4v) is 4.35. The smallest absolute Gasteiger partial charge is 0.277 e. The zero-order chi connectivity index (χ0) is 22.3. The third-order valence-corrected chi connectivity index (χ3v) is 5.88. The number of hydrogen-bond donors (Lipinski definition) is 1. The number of amides is 1. The van der Waals surface area contributed by atoms with Crippen LogP contribution in [-0.2, 0) is 15.2 Å². The molecular weight excluding hydrogens is 408 g/mol. The Morgan fingerprint density at radius 3 is 2.50 bits per heavy atom. The molecule has 5 rings (SSSR count). The van der Waals surface area contributed by atoms with Gasteiger partial charge >= 0.3 is 0 Å². The van der Waals surface area contributed by atoms with E-state index in [1.54, 1.807) is 67.8 Å². The van der Waals surface area contributed by atoms with Gasteiger partial charge in [0.05, 0.1) is 14.2 Å². The van der Waals surface area contributed by atoms with Gasteiger partial charge in [-0.15, -0.1) is 0 Å². The largest absolute Gasteiger partial charge is 0.497 e. The van der Waals surface area contributed by atoms with Crippen molar-refractivity contribution in [1.82, 2.24) is 0 Å². The summed E-state index contributed by atoms with van der Waals surface area (Å²) in [5, 5.41) is 7.15. The maximum Gasteiger partial charge on any atom is 0.277 e. The topological polar surface area (TPSA) is 86.2 Å². The maximum absolute atomic E-state index is 13.9. The quantitative estimate of drug-likeness (QED) is 0.625. The van der Waals surface area contributed by atoms with E-state index in [1.165, 1.54) is 7.11 Å². The van der Waals surface area contributed by atoms with Crippen LogP contribution in [0.5, 0.6) is 11.5 Å². The van der Waals surface area contributed by atoms with Crippen molar-refractivity contribution in [2.24, 2.45) is 11.1 Å². The molecule has 0 bridgehead atoms. The van der Waals surface area contributed by atoms with Crippen molar-refractivity contribution in [3.63, 3.8) is 0 Å². The molecule has 7 heteroatoms. The molecule has 2 aliphatic rings. The number of ether oxygens (including phenoxy) is 2. The van der Waals surface area contributed by atoms with Crippen molar-refractivity contribution >= 4 is 23.1 Å². The van der Waals surface area contributed by atoms with E-state index in [0.29, 0.717) is 39.6 Å². The Labute approximate surface area is 184 Å². The number of Topliss-reactive ketones (excluding diaryl/α,β-unsaturated/α-hetero) is 1. The number of oxime groups is 1. The first-order chi connectivity index (χ1) is 15.6. The molecule has 0 radical (unpaired) electrons. The average molecular weight is 428 g/mol. The van der Waals surface area contributed by atoms with Gasteiger partial charge in [0.25, 0.3) is 11.5 Å². The molecule has 0 aromatic heterocycles. The van der Waals surface area contributed by atoms with Crippen LogP contribution in [0.3, 0.4) is 0 Å². The summed E-state index contributed by atoms with van der Waals surface area (Å²) in [6.45, 7) is 0. The van der Waals surface area contributed by atoms with E-state index in [1.807, 2.05) is 12.1 Å². The molecule has 1 spiro atoms. The monoisotopic (exact) mass is 428 g/mol. The lowest BCUT2D eigenvalue weighted by atomic mass is 9.74. The Hall–Kier alpha value is -4.13. The first-order valence-electron chi connectivity index (χ1n) is 10.1. The number of nitrogens with zero attached hydrogens (tertiary/aromatic N) is 1. The fourth-order valence-electron chi connectivity index (χ4n) is 4.35. The van der Waals surface area contributed by atoms with Crippen molar-refractivity contribution in [3.05, 3.63) is 89.5 Å². The molecular formula is C25H20N2O5. The third-order valence-electron chi connectivity index (χ3n) is 5.88. The summed E-state index contributed by atoms with van der Waals surface area (Å²) >= 11 is 0. The number of rotatable bonds is 5. The second-order valence-corrected chi connectivity index (χ2v) is 7.53. The summed E-state index contributed by atoms with van der Waals surface area (Å²) in [6.07, 6.45) is 0. The number of nitrogens with one attached hydrogen (secondary N) is 1. The maximum atomic E-state index is 13.9. The van der Waals surface area contributed by atoms with Gasteiger partial charge in [-0.3, -0.25) is 9.59 Å². The Morgan fingerprint density at radius 1 is 1.00 bits per heavy atom. The lowest BCUT2D eigenvalue weighted by Gasteiger charge is -2.27. The summed E-state index contributed by atoms with van der Waals surface area (Å²) in [5.74, 6) is -0.698. The molecule has 32 heavy (non-hydrogen) atoms. The van der Waals surface area contributed by atoms with Crippen LogP contribution in [0.15, 0.2) is 78.0 Å². The van der Waals surface area contributed by atoms with Crippen LogP contribution in [0.1, 0.15) is 21.5 Å². The van der Waals surface area contributed by atoms with E-state index < -0.39 is 17.4 Å². The van der Waals surface area contributed by atoms with E-state index in [2.05, 4.69) is 10.5 Å². The lowest BCUT2D eigenvalue weighted by molar-refractivity contribution is -0.140. The molecule has 1 amide bonds. The molecule has 0 saturated heterocycles. The summed E-state index contributed by atoms with van der Waals surface area (Å²) in [7, 11) is 3.08. The molecule has 0 saturated carbocycles. The van der Waals surface area contributed by atoms with Crippen molar-refractivity contribution < 1.29 is 23.9 Å². The van der Waals surface area contributed by atoms with Crippen LogP contribution < -0.4 is 14.8 Å². The van der Waals surface area contributed by atoms with E-state index >= 15 is 0 Å². The molecule has 3 aromatic carbocycles. The van der Waals surface area contributed by atoms with Crippen LogP contribution >= 0.6 is 0 Å². The molecule has 0 unspecified atom stereocenters. The number of para-hydroxylation sites is 1. The molecule has 1 N–H and O–H groups in total. The Balaban J connectivity index is 1.73. The summed E-state index contributed by atoms with van der Waals surface area (Å²) in [5.41, 5.74) is 0.829. The molecule has 160 valence electrons. The number of fused-ring (bicyclic) bond motifs is 2. The van der Waals surface area contributed by atoms with Gasteiger partial charge in [-0.1, -0.05) is 53.7 Å². The molecule has 2 heterocycles. The first-order valence-corrected chi connectivity index (χ1v) is 10.1. The molecule has 0 aliphatic carbocycles. The number of hydrogen-bond acceptors (Lipinski definition) is 6. The van der Waals surface area contributed by atoms with Gasteiger partial charge in [0.15, 0.2) is 5.78 Å². The zero-order valence-electron chi connectivity index (χ0n) is 17.5. The normalized spacial score (nSPS) is 20.9. The second kappa shape index (κ2) is 7.53. The molecule has 7 nitrogen and oxygen atoms in total. The van der Waals surface area contributed by atoms with Crippen LogP contribution in [0.2, 0.25) is 0 Å². The number of carbonyl (C=O) groups excluding carboxylic acids is 2. The molecule has 0 fully saturated rings. The lowest BCUT2D eigenvalue weighted by Crippen LogP contribution is -2.46. The van der Waals surface area contributed by atoms with Gasteiger partial charge in [0.1, 0.15) is 23.1 Å². The van der Waals surface area contributed by atoms with Crippen LogP contribution in [0.4, 0.5) is 5.69 Å². The highest BCUT2D eigenvalue weighted by molar-refractivity contribution is 6.25. The van der Waals surface area contributed by atoms with Crippen molar-refractivity contribution in [1.29, 1.82) is 0 Å². The molecule has 2 aliphatic heterocycles. The Kier molecular flexibility index (Phi) is 4.66. The minimum atomic E-state index is -1.62. The van der Waals surface area contributed by atoms with Gasteiger partial charge in [-0.2, -0.15) is 0 Å². The van der Waals surface area contributed by atoms with Crippen LogP contribution in [0, 0.1) is 5.92 Å². The SMILES string of the molecule is COc1ccc(OC)c(C2=NO[C@]3(C(=O)Nc4ccccc43)[C@@H]2C(=O)c2ccccc2)c1. The Morgan fingerprint density at radius 2 is 1.75 bits per heavy atom. The van der Waals surface area contributed by atoms with Gasteiger partial charge in [0.2, 0.25) is 0 Å².